The van der Waals surface area contributed by atoms with Gasteiger partial charge in [0.2, 0.25) is 0 Å². The number of carbonyl (C=O) groups excluding carboxylic acids is 1. The zero-order chi connectivity index (χ0) is 18.7. The van der Waals surface area contributed by atoms with Crippen LogP contribution in [0.5, 0.6) is 5.75 Å². The van der Waals surface area contributed by atoms with Crippen molar-refractivity contribution in [3.8, 4) is 5.75 Å². The first-order valence-electron chi connectivity index (χ1n) is 8.80. The Morgan fingerprint density at radius 2 is 1.58 bits per heavy atom. The summed E-state index contributed by atoms with van der Waals surface area (Å²) >= 11 is 0. The van der Waals surface area contributed by atoms with Crippen LogP contribution >= 0.6 is 0 Å². The Hall–Kier alpha value is -2.82. The lowest BCUT2D eigenvalue weighted by atomic mass is 10.0. The topological polar surface area (TPSA) is 66.8 Å². The average Bonchev–Trinajstić information content (AvgIpc) is 2.63. The zero-order valence-corrected chi connectivity index (χ0v) is 15.1. The monoisotopic (exact) mass is 353 g/mol. The van der Waals surface area contributed by atoms with Crippen LogP contribution in [-0.2, 0) is 0 Å². The van der Waals surface area contributed by atoms with Gasteiger partial charge in [-0.05, 0) is 49.7 Å². The molecule has 0 unspecified atom stereocenters. The molecule has 1 heterocycles. The molecule has 1 saturated heterocycles. The van der Waals surface area contributed by atoms with E-state index in [4.69, 9.17) is 4.74 Å². The van der Waals surface area contributed by atoms with Crippen LogP contribution in [0.3, 0.4) is 0 Å². The van der Waals surface area contributed by atoms with Gasteiger partial charge in [-0.1, -0.05) is 17.7 Å². The number of rotatable bonds is 4. The fourth-order valence-electron chi connectivity index (χ4n) is 3.20. The largest absolute Gasteiger partial charge is 0.490 e. The number of ether oxygens (including phenoxy) is 1. The van der Waals surface area contributed by atoms with E-state index in [-0.39, 0.29) is 17.6 Å². The van der Waals surface area contributed by atoms with Gasteiger partial charge < -0.3 is 14.7 Å². The van der Waals surface area contributed by atoms with Crippen LogP contribution < -0.4 is 4.74 Å². The van der Waals surface area contributed by atoms with E-state index in [0.717, 1.165) is 24.2 Å². The summed E-state index contributed by atoms with van der Waals surface area (Å²) in [4.78, 5) is 25.7. The van der Waals surface area contributed by atoms with Gasteiger partial charge in [0.15, 0.2) is 0 Å². The van der Waals surface area contributed by atoms with Gasteiger partial charge in [-0.2, -0.15) is 0 Å². The number of aryl methyl sites for hydroxylation is 2. The van der Waals surface area contributed by atoms with Crippen molar-refractivity contribution in [3.63, 3.8) is 0 Å². The van der Waals surface area contributed by atoms with Crippen LogP contribution in [0.2, 0.25) is 0 Å². The highest BCUT2D eigenvalue weighted by atomic mass is 16.5. The van der Waals surface area contributed by atoms with Gasteiger partial charge in [-0.15, -0.1) is 0 Å². The number of carboxylic acids is 1. The Balaban J connectivity index is 1.61. The summed E-state index contributed by atoms with van der Waals surface area (Å²) in [5, 5.41) is 9.18. The number of carbonyl (C=O) groups is 2. The molecule has 0 spiro atoms. The van der Waals surface area contributed by atoms with E-state index in [1.165, 1.54) is 11.6 Å². The number of nitrogens with zero attached hydrogens (tertiary/aromatic N) is 1. The highest BCUT2D eigenvalue weighted by molar-refractivity contribution is 5.97. The normalized spacial score (nSPS) is 14.9. The summed E-state index contributed by atoms with van der Waals surface area (Å²) in [6.45, 7) is 5.04. The van der Waals surface area contributed by atoms with Gasteiger partial charge in [0.05, 0.1) is 5.56 Å². The molecule has 0 aromatic heterocycles. The van der Waals surface area contributed by atoms with Crippen LogP contribution in [-0.4, -0.2) is 41.1 Å². The lowest BCUT2D eigenvalue weighted by Gasteiger charge is -2.32. The molecule has 1 amide bonds. The van der Waals surface area contributed by atoms with E-state index in [2.05, 4.69) is 0 Å². The lowest BCUT2D eigenvalue weighted by molar-refractivity contribution is 0.0595. The SMILES string of the molecule is Cc1ccc(OC2CCN(C(=O)c3cc(C)cc(C(=O)O)c3)CC2)cc1. The van der Waals surface area contributed by atoms with E-state index >= 15 is 0 Å². The summed E-state index contributed by atoms with van der Waals surface area (Å²) in [5.74, 6) is -0.289. The average molecular weight is 353 g/mol. The molecule has 26 heavy (non-hydrogen) atoms. The summed E-state index contributed by atoms with van der Waals surface area (Å²) in [6, 6.07) is 12.7. The molecule has 0 atom stereocenters. The number of benzene rings is 2. The second kappa shape index (κ2) is 7.60. The van der Waals surface area contributed by atoms with Crippen molar-refractivity contribution in [2.45, 2.75) is 32.8 Å². The smallest absolute Gasteiger partial charge is 0.335 e. The molecule has 136 valence electrons. The molecule has 1 N–H and O–H groups in total. The number of carboxylic acid groups (broad SMARTS) is 1. The molecule has 1 fully saturated rings. The molecule has 0 saturated carbocycles. The molecular weight excluding hydrogens is 330 g/mol. The first-order chi connectivity index (χ1) is 12.4. The second-order valence-corrected chi connectivity index (χ2v) is 6.82. The van der Waals surface area contributed by atoms with Crippen LogP contribution in [0.25, 0.3) is 0 Å². The highest BCUT2D eigenvalue weighted by Gasteiger charge is 2.25. The van der Waals surface area contributed by atoms with Crippen molar-refractivity contribution < 1.29 is 19.4 Å². The summed E-state index contributed by atoms with van der Waals surface area (Å²) in [6.07, 6.45) is 1.61. The van der Waals surface area contributed by atoms with E-state index < -0.39 is 5.97 Å². The number of amides is 1. The number of aromatic carboxylic acids is 1. The molecule has 2 aromatic rings. The van der Waals surface area contributed by atoms with Gasteiger partial charge in [0.1, 0.15) is 11.9 Å². The van der Waals surface area contributed by atoms with Gasteiger partial charge in [0, 0.05) is 31.5 Å². The van der Waals surface area contributed by atoms with Gasteiger partial charge in [-0.3, -0.25) is 4.79 Å². The van der Waals surface area contributed by atoms with Gasteiger partial charge in [0.25, 0.3) is 5.91 Å². The molecule has 0 aliphatic carbocycles. The van der Waals surface area contributed by atoms with E-state index in [0.29, 0.717) is 18.7 Å². The lowest BCUT2D eigenvalue weighted by Crippen LogP contribution is -2.41. The maximum absolute atomic E-state index is 12.7. The standard InChI is InChI=1S/C21H23NO4/c1-14-3-5-18(6-4-14)26-19-7-9-22(10-8-19)20(23)16-11-15(2)12-17(13-16)21(24)25/h3-6,11-13,19H,7-10H2,1-2H3,(H,24,25). The minimum absolute atomic E-state index is 0.0915. The van der Waals surface area contributed by atoms with Gasteiger partial charge in [-0.25, -0.2) is 4.79 Å². The molecule has 2 aromatic carbocycles. The highest BCUT2D eigenvalue weighted by Crippen LogP contribution is 2.21. The molecule has 3 rings (SSSR count). The second-order valence-electron chi connectivity index (χ2n) is 6.82. The predicted octanol–water partition coefficient (Wildman–Crippen LogP) is 3.69. The maximum Gasteiger partial charge on any atom is 0.335 e. The van der Waals surface area contributed by atoms with Crippen molar-refractivity contribution in [1.82, 2.24) is 4.90 Å². The van der Waals surface area contributed by atoms with E-state index in [1.54, 1.807) is 24.0 Å². The quantitative estimate of drug-likeness (QED) is 0.910. The van der Waals surface area contributed by atoms with Crippen molar-refractivity contribution in [1.29, 1.82) is 0 Å². The fourth-order valence-corrected chi connectivity index (χ4v) is 3.20. The molecule has 5 heteroatoms. The summed E-state index contributed by atoms with van der Waals surface area (Å²) in [7, 11) is 0. The molecule has 5 nitrogen and oxygen atoms in total. The Labute approximate surface area is 153 Å². The minimum atomic E-state index is -1.02. The number of likely N-dealkylation sites (tertiary alicyclic amines) is 1. The van der Waals surface area contributed by atoms with Crippen molar-refractivity contribution in [2.24, 2.45) is 0 Å². The van der Waals surface area contributed by atoms with Crippen molar-refractivity contribution in [2.75, 3.05) is 13.1 Å². The number of hydrogen-bond donors (Lipinski definition) is 1. The van der Waals surface area contributed by atoms with Crippen molar-refractivity contribution >= 4 is 11.9 Å². The third-order valence-corrected chi connectivity index (χ3v) is 4.62. The van der Waals surface area contributed by atoms with E-state index in [9.17, 15) is 14.7 Å². The predicted molar refractivity (Wildman–Crippen MR) is 98.9 cm³/mol. The Morgan fingerprint density at radius 1 is 0.962 bits per heavy atom. The molecular formula is C21H23NO4. The third kappa shape index (κ3) is 4.23. The maximum atomic E-state index is 12.7. The van der Waals surface area contributed by atoms with E-state index in [1.807, 2.05) is 31.2 Å². The van der Waals surface area contributed by atoms with Crippen LogP contribution in [0, 0.1) is 13.8 Å². The molecule has 1 aliphatic heterocycles. The van der Waals surface area contributed by atoms with Gasteiger partial charge >= 0.3 is 5.97 Å². The Bertz CT molecular complexity index is 805. The van der Waals surface area contributed by atoms with Crippen LogP contribution in [0.15, 0.2) is 42.5 Å². The summed E-state index contributed by atoms with van der Waals surface area (Å²) in [5.41, 5.74) is 2.54. The fraction of sp³-hybridized carbons (Fsp3) is 0.333. The van der Waals surface area contributed by atoms with Crippen LogP contribution in [0.1, 0.15) is 44.7 Å². The first kappa shape index (κ1) is 18.0. The minimum Gasteiger partial charge on any atom is -0.490 e. The molecule has 1 aliphatic rings. The molecule has 0 radical (unpaired) electrons. The Morgan fingerprint density at radius 3 is 2.19 bits per heavy atom. The first-order valence-corrected chi connectivity index (χ1v) is 8.80. The Kier molecular flexibility index (Phi) is 5.26. The van der Waals surface area contributed by atoms with Crippen molar-refractivity contribution in [3.05, 3.63) is 64.7 Å². The number of hydrogen-bond acceptors (Lipinski definition) is 3. The third-order valence-electron chi connectivity index (χ3n) is 4.62. The van der Waals surface area contributed by atoms with Crippen LogP contribution in [0.4, 0.5) is 0 Å². The zero-order valence-electron chi connectivity index (χ0n) is 15.1. The summed E-state index contributed by atoms with van der Waals surface area (Å²) < 4.78 is 6.00. The number of piperidine rings is 1. The molecule has 0 bridgehead atoms.